The van der Waals surface area contributed by atoms with E-state index in [1.165, 1.54) is 0 Å². The lowest BCUT2D eigenvalue weighted by atomic mass is 9.59. The molecule has 2 heterocycles. The summed E-state index contributed by atoms with van der Waals surface area (Å²) in [6.45, 7) is 6.40. The summed E-state index contributed by atoms with van der Waals surface area (Å²) in [6, 6.07) is 0. The summed E-state index contributed by atoms with van der Waals surface area (Å²) in [5, 5.41) is 17.4. The van der Waals surface area contributed by atoms with Crippen LogP contribution in [-0.4, -0.2) is 70.6 Å². The number of carbonyl (C=O) groups excluding carboxylic acids is 1. The van der Waals surface area contributed by atoms with E-state index in [4.69, 9.17) is 9.47 Å². The second-order valence-electron chi connectivity index (χ2n) is 9.09. The Morgan fingerprint density at radius 2 is 1.58 bits per heavy atom. The molecular formula is C21H34F3O8S-. The minimum atomic E-state index is -6.20. The quantitative estimate of drug-likeness (QED) is 0.307. The molecule has 0 amide bonds. The van der Waals surface area contributed by atoms with Crippen molar-refractivity contribution in [2.45, 2.75) is 101 Å². The predicted octanol–water partition coefficient (Wildman–Crippen LogP) is 2.52. The van der Waals surface area contributed by atoms with Gasteiger partial charge in [0.15, 0.2) is 16.3 Å². The largest absolute Gasteiger partial charge is 0.743 e. The highest BCUT2D eigenvalue weighted by atomic mass is 32.2. The molecule has 12 heteroatoms. The van der Waals surface area contributed by atoms with Crippen LogP contribution < -0.4 is 0 Å². The molecule has 2 bridgehead atoms. The molecule has 2 N–H and O–H groups in total. The summed E-state index contributed by atoms with van der Waals surface area (Å²) in [7, 11) is -6.20. The van der Waals surface area contributed by atoms with E-state index in [2.05, 4.69) is 0 Å². The lowest BCUT2D eigenvalue weighted by Gasteiger charge is -2.47. The molecule has 2 aliphatic heterocycles. The monoisotopic (exact) mass is 503 g/mol. The van der Waals surface area contributed by atoms with Gasteiger partial charge >= 0.3 is 11.2 Å². The molecule has 0 aromatic heterocycles. The molecule has 2 aliphatic rings. The summed E-state index contributed by atoms with van der Waals surface area (Å²) >= 11 is 0. The van der Waals surface area contributed by atoms with E-state index in [0.29, 0.717) is 25.7 Å². The van der Waals surface area contributed by atoms with Gasteiger partial charge in [-0.25, -0.2) is 12.8 Å². The van der Waals surface area contributed by atoms with Crippen molar-refractivity contribution in [1.29, 1.82) is 0 Å². The third kappa shape index (κ3) is 5.05. The van der Waals surface area contributed by atoms with E-state index >= 15 is 0 Å². The van der Waals surface area contributed by atoms with Crippen molar-refractivity contribution in [3.05, 3.63) is 0 Å². The van der Waals surface area contributed by atoms with E-state index in [1.807, 2.05) is 13.8 Å². The Morgan fingerprint density at radius 1 is 1.09 bits per heavy atom. The number of aliphatic hydroxyl groups is 2. The van der Waals surface area contributed by atoms with Crippen molar-refractivity contribution in [1.82, 2.24) is 0 Å². The number of rotatable bonds is 12. The van der Waals surface area contributed by atoms with Gasteiger partial charge in [0.05, 0.1) is 35.9 Å². The SMILES string of the molecule is CCC(O)(CC)C1C2CC(C(=O)OCCC(F)C(F)(F)S(=O)(=O)[O-])C(O2)C1C(O)(CC)CC. The fourth-order valence-corrected chi connectivity index (χ4v) is 5.86. The number of halogens is 3. The number of esters is 1. The van der Waals surface area contributed by atoms with Crippen LogP contribution in [0.15, 0.2) is 0 Å². The predicted molar refractivity (Wildman–Crippen MR) is 110 cm³/mol. The summed E-state index contributed by atoms with van der Waals surface area (Å²) < 4.78 is 82.7. The molecule has 2 rings (SSSR count). The highest BCUT2D eigenvalue weighted by Gasteiger charge is 2.65. The van der Waals surface area contributed by atoms with Crippen LogP contribution in [0.1, 0.15) is 66.2 Å². The standard InChI is InChI=1S/C21H35F3O8S/c1-5-19(26,6-2)15-13-11-12(17(32-13)16(15)20(27,7-3)8-4)18(25)31-10-9-14(22)21(23,24)33(28,29)30/h12-17,26-27H,5-11H2,1-4H3,(H,28,29,30)/p-1. The van der Waals surface area contributed by atoms with Gasteiger partial charge in [0, 0.05) is 18.3 Å². The van der Waals surface area contributed by atoms with Crippen molar-refractivity contribution in [2.75, 3.05) is 6.61 Å². The maximum atomic E-state index is 13.6. The Bertz CT molecular complexity index is 797. The number of fused-ring (bicyclic) bond motifs is 2. The van der Waals surface area contributed by atoms with Crippen LogP contribution in [0.25, 0.3) is 0 Å². The van der Waals surface area contributed by atoms with E-state index in [0.717, 1.165) is 0 Å². The van der Waals surface area contributed by atoms with Gasteiger partial charge in [0.2, 0.25) is 0 Å². The fraction of sp³-hybridized carbons (Fsp3) is 0.952. The van der Waals surface area contributed by atoms with Crippen molar-refractivity contribution in [3.8, 4) is 0 Å². The Labute approximate surface area is 192 Å². The van der Waals surface area contributed by atoms with Gasteiger partial charge in [-0.3, -0.25) is 4.79 Å². The second kappa shape index (κ2) is 9.96. The summed E-state index contributed by atoms with van der Waals surface area (Å²) in [5.74, 6) is -2.72. The number of ether oxygens (including phenoxy) is 2. The third-order valence-electron chi connectivity index (χ3n) is 7.66. The summed E-state index contributed by atoms with van der Waals surface area (Å²) in [5.41, 5.74) is -2.34. The van der Waals surface area contributed by atoms with Crippen LogP contribution in [0.4, 0.5) is 13.2 Å². The van der Waals surface area contributed by atoms with Crippen LogP contribution >= 0.6 is 0 Å². The first-order chi connectivity index (χ1) is 15.1. The Morgan fingerprint density at radius 3 is 2.03 bits per heavy atom. The molecule has 194 valence electrons. The molecule has 0 aromatic carbocycles. The molecule has 0 radical (unpaired) electrons. The zero-order valence-electron chi connectivity index (χ0n) is 19.3. The minimum absolute atomic E-state index is 0.181. The van der Waals surface area contributed by atoms with Crippen molar-refractivity contribution >= 4 is 16.1 Å². The average Bonchev–Trinajstić information content (AvgIpc) is 3.36. The molecule has 0 saturated carbocycles. The number of hydrogen-bond acceptors (Lipinski definition) is 8. The highest BCUT2D eigenvalue weighted by Crippen LogP contribution is 2.57. The molecule has 2 fully saturated rings. The van der Waals surface area contributed by atoms with Crippen molar-refractivity contribution < 1.29 is 50.6 Å². The van der Waals surface area contributed by atoms with Crippen LogP contribution in [0.5, 0.6) is 0 Å². The summed E-state index contributed by atoms with van der Waals surface area (Å²) in [6.07, 6.45) is -4.09. The topological polar surface area (TPSA) is 133 Å². The Balaban J connectivity index is 2.16. The van der Waals surface area contributed by atoms with E-state index in [1.54, 1.807) is 13.8 Å². The van der Waals surface area contributed by atoms with E-state index in [9.17, 15) is 41.1 Å². The zero-order chi connectivity index (χ0) is 25.4. The van der Waals surface area contributed by atoms with Gasteiger partial charge in [0.1, 0.15) is 0 Å². The van der Waals surface area contributed by atoms with Gasteiger partial charge in [-0.05, 0) is 32.1 Å². The van der Waals surface area contributed by atoms with Crippen LogP contribution in [-0.2, 0) is 24.4 Å². The molecule has 0 aromatic rings. The second-order valence-corrected chi connectivity index (χ2v) is 10.5. The maximum Gasteiger partial charge on any atom is 0.364 e. The first kappa shape index (κ1) is 28.3. The molecule has 2 saturated heterocycles. The fourth-order valence-electron chi connectivity index (χ4n) is 5.43. The molecule has 6 unspecified atom stereocenters. The highest BCUT2D eigenvalue weighted by molar-refractivity contribution is 7.86. The first-order valence-electron chi connectivity index (χ1n) is 11.4. The molecule has 0 spiro atoms. The van der Waals surface area contributed by atoms with Gasteiger partial charge in [0.25, 0.3) is 0 Å². The normalized spacial score (nSPS) is 29.3. The van der Waals surface area contributed by atoms with Gasteiger partial charge in [-0.15, -0.1) is 0 Å². The molecule has 0 aliphatic carbocycles. The van der Waals surface area contributed by atoms with Crippen LogP contribution in [0.2, 0.25) is 0 Å². The van der Waals surface area contributed by atoms with E-state index < -0.39 is 81.7 Å². The van der Waals surface area contributed by atoms with Gasteiger partial charge in [-0.1, -0.05) is 27.7 Å². The average molecular weight is 504 g/mol. The van der Waals surface area contributed by atoms with Crippen LogP contribution in [0, 0.1) is 17.8 Å². The van der Waals surface area contributed by atoms with Gasteiger partial charge in [-0.2, -0.15) is 8.78 Å². The lowest BCUT2D eigenvalue weighted by Crippen LogP contribution is -2.57. The Kier molecular flexibility index (Phi) is 8.54. The number of hydrogen-bond donors (Lipinski definition) is 2. The maximum absolute atomic E-state index is 13.6. The smallest absolute Gasteiger partial charge is 0.364 e. The molecule has 6 atom stereocenters. The van der Waals surface area contributed by atoms with Crippen LogP contribution in [0.3, 0.4) is 0 Å². The third-order valence-corrected chi connectivity index (χ3v) is 8.58. The first-order valence-corrected chi connectivity index (χ1v) is 12.8. The molecule has 8 nitrogen and oxygen atoms in total. The lowest BCUT2D eigenvalue weighted by molar-refractivity contribution is -0.160. The Hall–Kier alpha value is -0.950. The summed E-state index contributed by atoms with van der Waals surface area (Å²) in [4.78, 5) is 12.7. The molecule has 33 heavy (non-hydrogen) atoms. The van der Waals surface area contributed by atoms with Crippen molar-refractivity contribution in [2.24, 2.45) is 17.8 Å². The van der Waals surface area contributed by atoms with Gasteiger partial charge < -0.3 is 24.2 Å². The van der Waals surface area contributed by atoms with Crippen molar-refractivity contribution in [3.63, 3.8) is 0 Å². The number of alkyl halides is 3. The zero-order valence-corrected chi connectivity index (χ0v) is 20.1. The number of carbonyl (C=O) groups is 1. The minimum Gasteiger partial charge on any atom is -0.743 e. The molecular weight excluding hydrogens is 469 g/mol. The van der Waals surface area contributed by atoms with E-state index in [-0.39, 0.29) is 6.42 Å².